The molecule has 0 fully saturated rings. The van der Waals surface area contributed by atoms with E-state index in [2.05, 4.69) is 4.99 Å². The molecule has 0 saturated heterocycles. The van der Waals surface area contributed by atoms with E-state index in [1.807, 2.05) is 30.3 Å². The highest BCUT2D eigenvalue weighted by molar-refractivity contribution is 5.97. The van der Waals surface area contributed by atoms with Crippen LogP contribution in [0.2, 0.25) is 0 Å². The van der Waals surface area contributed by atoms with Crippen molar-refractivity contribution in [1.82, 2.24) is 0 Å². The molecule has 0 spiro atoms. The SMILES string of the molecule is CCOc1ccc(C2=N[C@H](C(=O)OCc3ccccc3)CO2)cc1F. The molecule has 0 amide bonds. The number of carbonyl (C=O) groups excluding carboxylic acids is 1. The standard InChI is InChI=1S/C19H18FNO4/c1-2-23-17-9-8-14(10-15(17)20)18-21-16(12-24-18)19(22)25-11-13-6-4-3-5-7-13/h3-10,16H,2,11-12H2,1H3/t16-/m0/s1. The van der Waals surface area contributed by atoms with Gasteiger partial charge in [0.15, 0.2) is 17.6 Å². The van der Waals surface area contributed by atoms with Gasteiger partial charge >= 0.3 is 5.97 Å². The Morgan fingerprint density at radius 1 is 1.28 bits per heavy atom. The van der Waals surface area contributed by atoms with Crippen molar-refractivity contribution in [2.45, 2.75) is 19.6 Å². The summed E-state index contributed by atoms with van der Waals surface area (Å²) in [6.07, 6.45) is 0. The molecule has 1 aliphatic heterocycles. The lowest BCUT2D eigenvalue weighted by atomic mass is 10.2. The maximum absolute atomic E-state index is 13.9. The molecule has 5 nitrogen and oxygen atoms in total. The van der Waals surface area contributed by atoms with Crippen molar-refractivity contribution >= 4 is 11.9 Å². The summed E-state index contributed by atoms with van der Waals surface area (Å²) in [5, 5.41) is 0. The number of carbonyl (C=O) groups is 1. The third kappa shape index (κ3) is 4.15. The molecule has 0 saturated carbocycles. The van der Waals surface area contributed by atoms with Crippen LogP contribution in [0, 0.1) is 5.82 Å². The van der Waals surface area contributed by atoms with Crippen molar-refractivity contribution in [3.8, 4) is 5.75 Å². The summed E-state index contributed by atoms with van der Waals surface area (Å²) in [6.45, 7) is 2.42. The molecule has 0 unspecified atom stereocenters. The van der Waals surface area contributed by atoms with Gasteiger partial charge in [0.2, 0.25) is 5.90 Å². The number of esters is 1. The lowest BCUT2D eigenvalue weighted by Gasteiger charge is -2.06. The number of ether oxygens (including phenoxy) is 3. The van der Waals surface area contributed by atoms with Crippen LogP contribution in [0.5, 0.6) is 5.75 Å². The van der Waals surface area contributed by atoms with Crippen LogP contribution in [0.3, 0.4) is 0 Å². The Balaban J connectivity index is 1.63. The first kappa shape index (κ1) is 17.0. The molecule has 0 aromatic heterocycles. The smallest absolute Gasteiger partial charge is 0.334 e. The molecule has 0 radical (unpaired) electrons. The van der Waals surface area contributed by atoms with Crippen LogP contribution in [0.15, 0.2) is 53.5 Å². The summed E-state index contributed by atoms with van der Waals surface area (Å²) in [7, 11) is 0. The van der Waals surface area contributed by atoms with Crippen LogP contribution in [0.25, 0.3) is 0 Å². The first-order valence-electron chi connectivity index (χ1n) is 8.01. The number of rotatable bonds is 6. The molecule has 2 aromatic carbocycles. The van der Waals surface area contributed by atoms with Gasteiger partial charge in [-0.05, 0) is 30.7 Å². The van der Waals surface area contributed by atoms with Gasteiger partial charge in [-0.2, -0.15) is 0 Å². The molecule has 6 heteroatoms. The van der Waals surface area contributed by atoms with E-state index in [0.29, 0.717) is 12.2 Å². The molecule has 2 aromatic rings. The Hall–Kier alpha value is -2.89. The monoisotopic (exact) mass is 343 g/mol. The molecule has 25 heavy (non-hydrogen) atoms. The van der Waals surface area contributed by atoms with Gasteiger partial charge in [-0.25, -0.2) is 14.2 Å². The van der Waals surface area contributed by atoms with Crippen LogP contribution < -0.4 is 4.74 Å². The van der Waals surface area contributed by atoms with Crippen LogP contribution in [-0.2, 0) is 20.9 Å². The largest absolute Gasteiger partial charge is 0.491 e. The number of nitrogens with zero attached hydrogens (tertiary/aromatic N) is 1. The average molecular weight is 343 g/mol. The van der Waals surface area contributed by atoms with Gasteiger partial charge in [0, 0.05) is 5.56 Å². The Labute approximate surface area is 145 Å². The lowest BCUT2D eigenvalue weighted by Crippen LogP contribution is -2.22. The molecule has 1 atom stereocenters. The first-order valence-corrected chi connectivity index (χ1v) is 8.01. The second kappa shape index (κ2) is 7.79. The normalized spacial score (nSPS) is 16.1. The quantitative estimate of drug-likeness (QED) is 0.756. The Kier molecular flexibility index (Phi) is 5.28. The van der Waals surface area contributed by atoms with E-state index in [4.69, 9.17) is 14.2 Å². The molecule has 130 valence electrons. The molecule has 0 aliphatic carbocycles. The van der Waals surface area contributed by atoms with Crippen LogP contribution in [-0.4, -0.2) is 31.1 Å². The molecule has 0 bridgehead atoms. The van der Waals surface area contributed by atoms with E-state index < -0.39 is 17.8 Å². The second-order valence-corrected chi connectivity index (χ2v) is 5.43. The first-order chi connectivity index (χ1) is 12.2. The number of hydrogen-bond donors (Lipinski definition) is 0. The van der Waals surface area contributed by atoms with Gasteiger partial charge in [-0.1, -0.05) is 30.3 Å². The fourth-order valence-corrected chi connectivity index (χ4v) is 2.38. The predicted molar refractivity (Wildman–Crippen MR) is 90.1 cm³/mol. The predicted octanol–water partition coefficient (Wildman–Crippen LogP) is 3.11. The molecule has 1 aliphatic rings. The van der Waals surface area contributed by atoms with Crippen LogP contribution in [0.4, 0.5) is 4.39 Å². The maximum atomic E-state index is 13.9. The molecular formula is C19H18FNO4. The topological polar surface area (TPSA) is 57.1 Å². The van der Waals surface area contributed by atoms with Crippen molar-refractivity contribution in [2.24, 2.45) is 4.99 Å². The summed E-state index contributed by atoms with van der Waals surface area (Å²) in [5.74, 6) is -0.571. The van der Waals surface area contributed by atoms with Gasteiger partial charge in [0.05, 0.1) is 6.61 Å². The van der Waals surface area contributed by atoms with Crippen molar-refractivity contribution in [3.05, 3.63) is 65.5 Å². The number of halogens is 1. The summed E-state index contributed by atoms with van der Waals surface area (Å²) in [6, 6.07) is 13.1. The summed E-state index contributed by atoms with van der Waals surface area (Å²) in [4.78, 5) is 16.3. The number of aliphatic imine (C=N–C) groups is 1. The minimum Gasteiger partial charge on any atom is -0.491 e. The highest BCUT2D eigenvalue weighted by atomic mass is 19.1. The maximum Gasteiger partial charge on any atom is 0.334 e. The third-order valence-corrected chi connectivity index (χ3v) is 3.63. The third-order valence-electron chi connectivity index (χ3n) is 3.63. The zero-order valence-corrected chi connectivity index (χ0v) is 13.8. The Bertz CT molecular complexity index is 776. The van der Waals surface area contributed by atoms with Gasteiger partial charge < -0.3 is 14.2 Å². The molecule has 3 rings (SSSR count). The van der Waals surface area contributed by atoms with Crippen molar-refractivity contribution in [1.29, 1.82) is 0 Å². The van der Waals surface area contributed by atoms with Crippen LogP contribution >= 0.6 is 0 Å². The zero-order chi connectivity index (χ0) is 17.6. The van der Waals surface area contributed by atoms with Crippen molar-refractivity contribution in [3.63, 3.8) is 0 Å². The fraction of sp³-hybridized carbons (Fsp3) is 0.263. The van der Waals surface area contributed by atoms with Gasteiger partial charge in [0.25, 0.3) is 0 Å². The van der Waals surface area contributed by atoms with E-state index in [-0.39, 0.29) is 24.9 Å². The van der Waals surface area contributed by atoms with Crippen molar-refractivity contribution < 1.29 is 23.4 Å². The fourth-order valence-electron chi connectivity index (χ4n) is 2.38. The Morgan fingerprint density at radius 3 is 2.80 bits per heavy atom. The average Bonchev–Trinajstić information content (AvgIpc) is 3.13. The van der Waals surface area contributed by atoms with E-state index in [9.17, 15) is 9.18 Å². The highest BCUT2D eigenvalue weighted by Crippen LogP contribution is 2.21. The van der Waals surface area contributed by atoms with E-state index in [1.165, 1.54) is 12.1 Å². The van der Waals surface area contributed by atoms with Gasteiger partial charge in [-0.15, -0.1) is 0 Å². The zero-order valence-electron chi connectivity index (χ0n) is 13.8. The minimum absolute atomic E-state index is 0.0811. The number of benzene rings is 2. The summed E-state index contributed by atoms with van der Waals surface area (Å²) in [5.41, 5.74) is 1.35. The molecule has 1 heterocycles. The molecular weight excluding hydrogens is 325 g/mol. The number of hydrogen-bond acceptors (Lipinski definition) is 5. The van der Waals surface area contributed by atoms with Gasteiger partial charge in [0.1, 0.15) is 13.2 Å². The molecule has 0 N–H and O–H groups in total. The van der Waals surface area contributed by atoms with Crippen LogP contribution in [0.1, 0.15) is 18.1 Å². The lowest BCUT2D eigenvalue weighted by molar-refractivity contribution is -0.146. The minimum atomic E-state index is -0.742. The Morgan fingerprint density at radius 2 is 2.08 bits per heavy atom. The second-order valence-electron chi connectivity index (χ2n) is 5.43. The van der Waals surface area contributed by atoms with E-state index >= 15 is 0 Å². The van der Waals surface area contributed by atoms with Crippen molar-refractivity contribution in [2.75, 3.05) is 13.2 Å². The van der Waals surface area contributed by atoms with Gasteiger partial charge in [-0.3, -0.25) is 0 Å². The summed E-state index contributed by atoms with van der Waals surface area (Å²) >= 11 is 0. The summed E-state index contributed by atoms with van der Waals surface area (Å²) < 4.78 is 29.8. The highest BCUT2D eigenvalue weighted by Gasteiger charge is 2.28. The van der Waals surface area contributed by atoms with E-state index in [1.54, 1.807) is 13.0 Å². The van der Waals surface area contributed by atoms with E-state index in [0.717, 1.165) is 5.56 Å².